The lowest BCUT2D eigenvalue weighted by molar-refractivity contribution is -0.121. The first-order chi connectivity index (χ1) is 11.4. The number of carbonyl (C=O) groups excluding carboxylic acids is 1. The van der Waals surface area contributed by atoms with Crippen molar-refractivity contribution in [1.29, 1.82) is 0 Å². The molecule has 0 saturated heterocycles. The standard InChI is InChI=1S/C16H29N7O.HI/c1-16(2,3)20-14(24)11-19-15(17-4)18-10-13-22-21-12-8-6-5-7-9-23(12)13;/h5-11H2,1-4H3,(H,20,24)(H2,17,18,19);1H. The van der Waals surface area contributed by atoms with Gasteiger partial charge in [-0.2, -0.15) is 0 Å². The molecule has 0 atom stereocenters. The van der Waals surface area contributed by atoms with Gasteiger partial charge in [-0.1, -0.05) is 6.42 Å². The first-order valence-electron chi connectivity index (χ1n) is 8.55. The van der Waals surface area contributed by atoms with Crippen LogP contribution in [0.5, 0.6) is 0 Å². The highest BCUT2D eigenvalue weighted by molar-refractivity contribution is 14.0. The molecule has 1 aliphatic heterocycles. The summed E-state index contributed by atoms with van der Waals surface area (Å²) in [4.78, 5) is 16.0. The van der Waals surface area contributed by atoms with Crippen LogP contribution in [-0.4, -0.2) is 45.8 Å². The summed E-state index contributed by atoms with van der Waals surface area (Å²) in [6, 6.07) is 0. The molecule has 0 spiro atoms. The summed E-state index contributed by atoms with van der Waals surface area (Å²) in [5.74, 6) is 2.48. The van der Waals surface area contributed by atoms with Gasteiger partial charge in [0.1, 0.15) is 5.82 Å². The molecular weight excluding hydrogens is 433 g/mol. The average molecular weight is 463 g/mol. The number of aromatic nitrogens is 3. The van der Waals surface area contributed by atoms with Crippen LogP contribution in [0.2, 0.25) is 0 Å². The quantitative estimate of drug-likeness (QED) is 0.355. The van der Waals surface area contributed by atoms with E-state index in [4.69, 9.17) is 0 Å². The maximum absolute atomic E-state index is 11.9. The van der Waals surface area contributed by atoms with Gasteiger partial charge in [0, 0.05) is 25.6 Å². The van der Waals surface area contributed by atoms with E-state index in [1.54, 1.807) is 7.05 Å². The molecular formula is C16H30IN7O. The van der Waals surface area contributed by atoms with Crippen LogP contribution >= 0.6 is 24.0 Å². The number of nitrogens with zero attached hydrogens (tertiary/aromatic N) is 4. The lowest BCUT2D eigenvalue weighted by Crippen LogP contribution is -2.48. The molecule has 9 heteroatoms. The van der Waals surface area contributed by atoms with Gasteiger partial charge in [-0.3, -0.25) is 9.79 Å². The third-order valence-corrected chi connectivity index (χ3v) is 3.75. The zero-order chi connectivity index (χ0) is 17.6. The predicted octanol–water partition coefficient (Wildman–Crippen LogP) is 1.20. The van der Waals surface area contributed by atoms with E-state index >= 15 is 0 Å². The second kappa shape index (κ2) is 9.93. The number of nitrogens with one attached hydrogen (secondary N) is 3. The number of amides is 1. The average Bonchev–Trinajstić information content (AvgIpc) is 2.73. The Bertz CT molecular complexity index is 592. The molecule has 0 saturated carbocycles. The molecule has 0 fully saturated rings. The Morgan fingerprint density at radius 2 is 1.96 bits per heavy atom. The van der Waals surface area contributed by atoms with Crippen molar-refractivity contribution >= 4 is 35.8 Å². The van der Waals surface area contributed by atoms with E-state index in [1.165, 1.54) is 12.8 Å². The van der Waals surface area contributed by atoms with E-state index in [2.05, 4.69) is 35.7 Å². The Kier molecular flexibility index (Phi) is 8.60. The molecule has 0 aliphatic carbocycles. The van der Waals surface area contributed by atoms with Crippen LogP contribution in [0, 0.1) is 0 Å². The number of aryl methyl sites for hydroxylation is 1. The normalized spacial score (nSPS) is 14.8. The van der Waals surface area contributed by atoms with Crippen molar-refractivity contribution in [1.82, 2.24) is 30.7 Å². The van der Waals surface area contributed by atoms with Crippen molar-refractivity contribution in [3.63, 3.8) is 0 Å². The fourth-order valence-corrected chi connectivity index (χ4v) is 2.69. The molecule has 8 nitrogen and oxygen atoms in total. The van der Waals surface area contributed by atoms with Crippen molar-refractivity contribution in [2.24, 2.45) is 4.99 Å². The summed E-state index contributed by atoms with van der Waals surface area (Å²) in [5, 5.41) is 17.7. The second-order valence-electron chi connectivity index (χ2n) is 7.07. The van der Waals surface area contributed by atoms with Gasteiger partial charge in [0.05, 0.1) is 13.1 Å². The lowest BCUT2D eigenvalue weighted by Gasteiger charge is -2.21. The van der Waals surface area contributed by atoms with Crippen molar-refractivity contribution < 1.29 is 4.79 Å². The second-order valence-corrected chi connectivity index (χ2v) is 7.07. The van der Waals surface area contributed by atoms with Crippen LogP contribution in [0.25, 0.3) is 0 Å². The molecule has 3 N–H and O–H groups in total. The largest absolute Gasteiger partial charge is 0.350 e. The summed E-state index contributed by atoms with van der Waals surface area (Å²) in [6.07, 6.45) is 4.57. The van der Waals surface area contributed by atoms with Crippen LogP contribution in [-0.2, 0) is 24.3 Å². The molecule has 1 amide bonds. The Morgan fingerprint density at radius 3 is 2.64 bits per heavy atom. The van der Waals surface area contributed by atoms with Gasteiger partial charge in [-0.05, 0) is 33.6 Å². The minimum atomic E-state index is -0.241. The number of halogens is 1. The monoisotopic (exact) mass is 463 g/mol. The number of guanidine groups is 1. The first kappa shape index (κ1) is 21.7. The maximum atomic E-state index is 11.9. The van der Waals surface area contributed by atoms with E-state index in [-0.39, 0.29) is 42.0 Å². The number of carbonyl (C=O) groups is 1. The maximum Gasteiger partial charge on any atom is 0.239 e. The number of rotatable bonds is 4. The Balaban J connectivity index is 0.00000312. The summed E-state index contributed by atoms with van der Waals surface area (Å²) in [7, 11) is 1.68. The van der Waals surface area contributed by atoms with Gasteiger partial charge in [-0.25, -0.2) is 0 Å². The van der Waals surface area contributed by atoms with Crippen LogP contribution in [0.15, 0.2) is 4.99 Å². The van der Waals surface area contributed by atoms with Crippen molar-refractivity contribution in [3.8, 4) is 0 Å². The summed E-state index contributed by atoms with van der Waals surface area (Å²) in [6.45, 7) is 7.54. The van der Waals surface area contributed by atoms with Crippen molar-refractivity contribution in [2.45, 2.75) is 65.1 Å². The van der Waals surface area contributed by atoms with Gasteiger partial charge < -0.3 is 20.5 Å². The lowest BCUT2D eigenvalue weighted by atomic mass is 10.1. The highest BCUT2D eigenvalue weighted by Gasteiger charge is 2.16. The van der Waals surface area contributed by atoms with E-state index in [9.17, 15) is 4.79 Å². The fraction of sp³-hybridized carbons (Fsp3) is 0.750. The summed E-state index contributed by atoms with van der Waals surface area (Å²) in [5.41, 5.74) is -0.241. The van der Waals surface area contributed by atoms with Crippen molar-refractivity contribution in [2.75, 3.05) is 13.6 Å². The first-order valence-corrected chi connectivity index (χ1v) is 8.55. The topological polar surface area (TPSA) is 96.2 Å². The minimum absolute atomic E-state index is 0. The molecule has 25 heavy (non-hydrogen) atoms. The van der Waals surface area contributed by atoms with Crippen LogP contribution < -0.4 is 16.0 Å². The third kappa shape index (κ3) is 7.17. The van der Waals surface area contributed by atoms with E-state index in [1.807, 2.05) is 20.8 Å². The molecule has 0 bridgehead atoms. The fourth-order valence-electron chi connectivity index (χ4n) is 2.69. The minimum Gasteiger partial charge on any atom is -0.350 e. The summed E-state index contributed by atoms with van der Waals surface area (Å²) < 4.78 is 2.19. The molecule has 0 unspecified atom stereocenters. The SMILES string of the molecule is CN=C(NCC(=O)NC(C)(C)C)NCc1nnc2n1CCCCC2.I. The van der Waals surface area contributed by atoms with Gasteiger partial charge in [0.2, 0.25) is 5.91 Å². The molecule has 142 valence electrons. The molecule has 2 heterocycles. The zero-order valence-electron chi connectivity index (χ0n) is 15.6. The van der Waals surface area contributed by atoms with E-state index in [0.29, 0.717) is 12.5 Å². The number of hydrogen-bond donors (Lipinski definition) is 3. The smallest absolute Gasteiger partial charge is 0.239 e. The van der Waals surface area contributed by atoms with Gasteiger partial charge in [0.15, 0.2) is 11.8 Å². The molecule has 1 aromatic heterocycles. The Hall–Kier alpha value is -1.39. The number of aliphatic imine (C=N–C) groups is 1. The molecule has 0 radical (unpaired) electrons. The molecule has 2 rings (SSSR count). The Morgan fingerprint density at radius 1 is 1.20 bits per heavy atom. The number of fused-ring (bicyclic) bond motifs is 1. The Labute approximate surface area is 166 Å². The molecule has 1 aromatic rings. The van der Waals surface area contributed by atoms with Crippen LogP contribution in [0.3, 0.4) is 0 Å². The zero-order valence-corrected chi connectivity index (χ0v) is 17.9. The van der Waals surface area contributed by atoms with Crippen LogP contribution in [0.1, 0.15) is 51.7 Å². The summed E-state index contributed by atoms with van der Waals surface area (Å²) >= 11 is 0. The van der Waals surface area contributed by atoms with Gasteiger partial charge in [-0.15, -0.1) is 34.2 Å². The van der Waals surface area contributed by atoms with Gasteiger partial charge in [0.25, 0.3) is 0 Å². The van der Waals surface area contributed by atoms with Crippen molar-refractivity contribution in [3.05, 3.63) is 11.6 Å². The van der Waals surface area contributed by atoms with E-state index < -0.39 is 0 Å². The molecule has 1 aliphatic rings. The predicted molar refractivity (Wildman–Crippen MR) is 109 cm³/mol. The molecule has 0 aromatic carbocycles. The van der Waals surface area contributed by atoms with E-state index in [0.717, 1.165) is 31.0 Å². The van der Waals surface area contributed by atoms with Gasteiger partial charge >= 0.3 is 0 Å². The highest BCUT2D eigenvalue weighted by atomic mass is 127. The third-order valence-electron chi connectivity index (χ3n) is 3.75. The van der Waals surface area contributed by atoms with Crippen LogP contribution in [0.4, 0.5) is 0 Å². The highest BCUT2D eigenvalue weighted by Crippen LogP contribution is 2.14. The number of hydrogen-bond acceptors (Lipinski definition) is 4.